The van der Waals surface area contributed by atoms with Crippen LogP contribution in [0.15, 0.2) is 4.99 Å². The Morgan fingerprint density at radius 1 is 1.19 bits per heavy atom. The van der Waals surface area contributed by atoms with Gasteiger partial charge in [0.2, 0.25) is 0 Å². The molecule has 8 heteroatoms. The summed E-state index contributed by atoms with van der Waals surface area (Å²) in [6.07, 6.45) is 6.68. The summed E-state index contributed by atoms with van der Waals surface area (Å²) in [5.74, 6) is 1.32. The fourth-order valence-corrected chi connectivity index (χ4v) is 2.72. The third kappa shape index (κ3) is 15.0. The topological polar surface area (TPSA) is 81.2 Å². The molecule has 7 nitrogen and oxygen atoms in total. The zero-order valence-electron chi connectivity index (χ0n) is 17.0. The molecule has 1 aliphatic rings. The van der Waals surface area contributed by atoms with Crippen LogP contribution in [0.2, 0.25) is 0 Å². The first-order chi connectivity index (χ1) is 12.8. The Labute approximate surface area is 181 Å². The van der Waals surface area contributed by atoms with Gasteiger partial charge in [-0.25, -0.2) is 0 Å². The monoisotopic (exact) mass is 499 g/mol. The van der Waals surface area contributed by atoms with E-state index < -0.39 is 0 Å². The zero-order valence-corrected chi connectivity index (χ0v) is 19.3. The highest BCUT2D eigenvalue weighted by Crippen LogP contribution is 2.12. The molecule has 0 radical (unpaired) electrons. The van der Waals surface area contributed by atoms with E-state index >= 15 is 0 Å². The van der Waals surface area contributed by atoms with Crippen molar-refractivity contribution in [3.63, 3.8) is 0 Å². The Hall–Kier alpha value is -0.610. The van der Waals surface area contributed by atoms with Gasteiger partial charge in [0, 0.05) is 45.2 Å². The predicted molar refractivity (Wildman–Crippen MR) is 119 cm³/mol. The molecule has 27 heavy (non-hydrogen) atoms. The summed E-state index contributed by atoms with van der Waals surface area (Å²) in [5, 5.41) is 6.62. The fourth-order valence-electron chi connectivity index (χ4n) is 2.72. The van der Waals surface area contributed by atoms with Crippen molar-refractivity contribution >= 4 is 35.9 Å². The minimum absolute atomic E-state index is 0. The van der Waals surface area contributed by atoms with E-state index in [2.05, 4.69) is 27.3 Å². The van der Waals surface area contributed by atoms with E-state index in [1.165, 1.54) is 7.11 Å². The van der Waals surface area contributed by atoms with Crippen LogP contribution >= 0.6 is 24.0 Å². The van der Waals surface area contributed by atoms with Crippen molar-refractivity contribution < 1.29 is 19.0 Å². The Bertz CT molecular complexity index is 391. The highest BCUT2D eigenvalue weighted by Gasteiger charge is 2.15. The van der Waals surface area contributed by atoms with Crippen molar-refractivity contribution in [3.05, 3.63) is 0 Å². The molecule has 1 saturated heterocycles. The van der Waals surface area contributed by atoms with E-state index in [9.17, 15) is 4.79 Å². The second kappa shape index (κ2) is 18.7. The van der Waals surface area contributed by atoms with Crippen molar-refractivity contribution in [2.45, 2.75) is 51.9 Å². The number of carbonyl (C=O) groups is 1. The number of aliphatic imine (C=N–C) groups is 1. The van der Waals surface area contributed by atoms with Crippen LogP contribution in [0.25, 0.3) is 0 Å². The van der Waals surface area contributed by atoms with Crippen LogP contribution in [0, 0.1) is 5.92 Å². The maximum atomic E-state index is 11.0. The molecule has 1 unspecified atom stereocenters. The first kappa shape index (κ1) is 26.4. The number of methoxy groups -OCH3 is 1. The van der Waals surface area contributed by atoms with Crippen molar-refractivity contribution in [2.24, 2.45) is 10.9 Å². The largest absolute Gasteiger partial charge is 0.469 e. The SMILES string of the molecule is CCNC(=NCCCOCC1CCOC1)NCCCCCCC(=O)OC.I. The van der Waals surface area contributed by atoms with Crippen LogP contribution in [0.4, 0.5) is 0 Å². The molecular formula is C19H38IN3O4. The number of hydrogen-bond acceptors (Lipinski definition) is 5. The molecule has 0 aliphatic carbocycles. The second-order valence-corrected chi connectivity index (χ2v) is 6.59. The minimum atomic E-state index is -0.120. The highest BCUT2D eigenvalue weighted by atomic mass is 127. The molecular weight excluding hydrogens is 461 g/mol. The molecule has 0 saturated carbocycles. The lowest BCUT2D eigenvalue weighted by atomic mass is 10.1. The number of nitrogens with one attached hydrogen (secondary N) is 2. The summed E-state index contributed by atoms with van der Waals surface area (Å²) in [7, 11) is 1.44. The molecule has 1 heterocycles. The van der Waals surface area contributed by atoms with Gasteiger partial charge in [-0.15, -0.1) is 24.0 Å². The number of halogens is 1. The van der Waals surface area contributed by atoms with E-state index in [4.69, 9.17) is 9.47 Å². The maximum absolute atomic E-state index is 11.0. The Kier molecular flexibility index (Phi) is 18.3. The third-order valence-electron chi connectivity index (χ3n) is 4.27. The van der Waals surface area contributed by atoms with Crippen LogP contribution in [0.1, 0.15) is 51.9 Å². The summed E-state index contributed by atoms with van der Waals surface area (Å²) >= 11 is 0. The molecule has 0 aromatic heterocycles. The Morgan fingerprint density at radius 3 is 2.70 bits per heavy atom. The Morgan fingerprint density at radius 2 is 2.00 bits per heavy atom. The first-order valence-corrected chi connectivity index (χ1v) is 10.0. The van der Waals surface area contributed by atoms with Gasteiger partial charge in [-0.3, -0.25) is 9.79 Å². The highest BCUT2D eigenvalue weighted by molar-refractivity contribution is 14.0. The molecule has 1 atom stereocenters. The average Bonchev–Trinajstić information content (AvgIpc) is 3.16. The molecule has 1 fully saturated rings. The van der Waals surface area contributed by atoms with Gasteiger partial charge in [-0.05, 0) is 32.6 Å². The van der Waals surface area contributed by atoms with Crippen LogP contribution in [0.3, 0.4) is 0 Å². The summed E-state index contributed by atoms with van der Waals surface area (Å²) in [5.41, 5.74) is 0. The lowest BCUT2D eigenvalue weighted by molar-refractivity contribution is -0.140. The van der Waals surface area contributed by atoms with Gasteiger partial charge in [-0.2, -0.15) is 0 Å². The number of nitrogens with zero attached hydrogens (tertiary/aromatic N) is 1. The van der Waals surface area contributed by atoms with Gasteiger partial charge in [0.05, 0.1) is 20.3 Å². The number of ether oxygens (including phenoxy) is 3. The van der Waals surface area contributed by atoms with E-state index in [0.717, 1.165) is 90.5 Å². The van der Waals surface area contributed by atoms with Crippen LogP contribution < -0.4 is 10.6 Å². The summed E-state index contributed by atoms with van der Waals surface area (Å²) in [4.78, 5) is 15.6. The van der Waals surface area contributed by atoms with Gasteiger partial charge in [0.1, 0.15) is 0 Å². The first-order valence-electron chi connectivity index (χ1n) is 10.0. The van der Waals surface area contributed by atoms with E-state index in [1.807, 2.05) is 0 Å². The minimum Gasteiger partial charge on any atom is -0.469 e. The number of guanidine groups is 1. The maximum Gasteiger partial charge on any atom is 0.305 e. The molecule has 2 N–H and O–H groups in total. The molecule has 0 spiro atoms. The molecule has 0 amide bonds. The molecule has 0 bridgehead atoms. The van der Waals surface area contributed by atoms with Gasteiger partial charge in [0.15, 0.2) is 5.96 Å². The van der Waals surface area contributed by atoms with Crippen LogP contribution in [0.5, 0.6) is 0 Å². The lowest BCUT2D eigenvalue weighted by Crippen LogP contribution is -2.37. The number of esters is 1. The summed E-state index contributed by atoms with van der Waals surface area (Å²) < 4.78 is 15.7. The van der Waals surface area contributed by atoms with Gasteiger partial charge < -0.3 is 24.8 Å². The summed E-state index contributed by atoms with van der Waals surface area (Å²) in [6, 6.07) is 0. The Balaban J connectivity index is 0.00000676. The number of carbonyl (C=O) groups excluding carboxylic acids is 1. The zero-order chi connectivity index (χ0) is 18.9. The van der Waals surface area contributed by atoms with Gasteiger partial charge in [-0.1, -0.05) is 12.8 Å². The van der Waals surface area contributed by atoms with E-state index in [-0.39, 0.29) is 29.9 Å². The van der Waals surface area contributed by atoms with Gasteiger partial charge >= 0.3 is 5.97 Å². The molecule has 160 valence electrons. The van der Waals surface area contributed by atoms with Crippen molar-refractivity contribution in [2.75, 3.05) is 53.2 Å². The molecule has 1 rings (SSSR count). The standard InChI is InChI=1S/C19H37N3O4.HI/c1-3-20-19(21-11-7-5-4-6-9-18(23)24-2)22-12-8-13-25-15-17-10-14-26-16-17;/h17H,3-16H2,1-2H3,(H2,20,21,22);1H. The molecule has 1 aliphatic heterocycles. The smallest absolute Gasteiger partial charge is 0.305 e. The normalized spacial score (nSPS) is 16.7. The van der Waals surface area contributed by atoms with Gasteiger partial charge in [0.25, 0.3) is 0 Å². The van der Waals surface area contributed by atoms with Crippen molar-refractivity contribution in [3.8, 4) is 0 Å². The number of hydrogen-bond donors (Lipinski definition) is 2. The number of unbranched alkanes of at least 4 members (excludes halogenated alkanes) is 3. The van der Waals surface area contributed by atoms with E-state index in [1.54, 1.807) is 0 Å². The quantitative estimate of drug-likeness (QED) is 0.126. The van der Waals surface area contributed by atoms with E-state index in [0.29, 0.717) is 12.3 Å². The van der Waals surface area contributed by atoms with Crippen molar-refractivity contribution in [1.82, 2.24) is 10.6 Å². The molecule has 0 aromatic carbocycles. The predicted octanol–water partition coefficient (Wildman–Crippen LogP) is 2.73. The molecule has 0 aromatic rings. The lowest BCUT2D eigenvalue weighted by Gasteiger charge is -2.11. The van der Waals surface area contributed by atoms with Crippen LogP contribution in [-0.4, -0.2) is 65.1 Å². The fraction of sp³-hybridized carbons (Fsp3) is 0.895. The third-order valence-corrected chi connectivity index (χ3v) is 4.27. The van der Waals surface area contributed by atoms with Crippen LogP contribution in [-0.2, 0) is 19.0 Å². The number of rotatable bonds is 14. The summed E-state index contributed by atoms with van der Waals surface area (Å²) in [6.45, 7) is 7.84. The average molecular weight is 499 g/mol. The van der Waals surface area contributed by atoms with Crippen molar-refractivity contribution in [1.29, 1.82) is 0 Å². The second-order valence-electron chi connectivity index (χ2n) is 6.59.